The molecule has 9 heteroatoms. The van der Waals surface area contributed by atoms with Gasteiger partial charge in [0.2, 0.25) is 10.0 Å². The van der Waals surface area contributed by atoms with Crippen molar-refractivity contribution in [3.63, 3.8) is 0 Å². The van der Waals surface area contributed by atoms with Crippen molar-refractivity contribution in [2.75, 3.05) is 18.8 Å². The van der Waals surface area contributed by atoms with Gasteiger partial charge >= 0.3 is 5.97 Å². The van der Waals surface area contributed by atoms with Gasteiger partial charge in [-0.2, -0.15) is 0 Å². The summed E-state index contributed by atoms with van der Waals surface area (Å²) in [4.78, 5) is 17.3. The number of aromatic nitrogens is 2. The first kappa shape index (κ1) is 29.8. The standard InChI is InChI=1S/C31H37N3O4S2/c1-3-25(2)38-30(35)23-34-29-18-11-10-17-28(29)32-31(34)39-22-12-20-33(21-19-26-13-6-4-7-14-26)40(36,37)24-27-15-8-5-9-16-27/h4-11,13-18,25H,3,12,19-24H2,1-2H3. The molecule has 7 nitrogen and oxygen atoms in total. The third kappa shape index (κ3) is 8.43. The molecule has 1 atom stereocenters. The fourth-order valence-electron chi connectivity index (χ4n) is 4.36. The molecule has 4 aromatic rings. The van der Waals surface area contributed by atoms with Crippen molar-refractivity contribution >= 4 is 38.8 Å². The number of hydrogen-bond donors (Lipinski definition) is 0. The number of para-hydroxylation sites is 2. The maximum atomic E-state index is 13.4. The number of benzene rings is 3. The van der Waals surface area contributed by atoms with Gasteiger partial charge in [-0.15, -0.1) is 0 Å². The van der Waals surface area contributed by atoms with Gasteiger partial charge in [0.25, 0.3) is 0 Å². The summed E-state index contributed by atoms with van der Waals surface area (Å²) in [5.41, 5.74) is 3.58. The first-order chi connectivity index (χ1) is 19.4. The molecular formula is C31H37N3O4S2. The molecule has 0 spiro atoms. The van der Waals surface area contributed by atoms with Crippen molar-refractivity contribution in [1.82, 2.24) is 13.9 Å². The number of nitrogens with zero attached hydrogens (tertiary/aromatic N) is 3. The number of thioether (sulfide) groups is 1. The van der Waals surface area contributed by atoms with E-state index in [4.69, 9.17) is 9.72 Å². The van der Waals surface area contributed by atoms with Gasteiger partial charge in [-0.1, -0.05) is 91.5 Å². The number of imidazole rings is 1. The van der Waals surface area contributed by atoms with Crippen molar-refractivity contribution in [2.24, 2.45) is 0 Å². The fraction of sp³-hybridized carbons (Fsp3) is 0.355. The fourth-order valence-corrected chi connectivity index (χ4v) is 6.87. The van der Waals surface area contributed by atoms with Crippen LogP contribution in [0.1, 0.15) is 37.8 Å². The van der Waals surface area contributed by atoms with Crippen molar-refractivity contribution in [1.29, 1.82) is 0 Å². The second-order valence-electron chi connectivity index (χ2n) is 9.76. The molecule has 0 aliphatic carbocycles. The van der Waals surface area contributed by atoms with Crippen LogP contribution in [0.25, 0.3) is 11.0 Å². The number of esters is 1. The highest BCUT2D eigenvalue weighted by atomic mass is 32.2. The summed E-state index contributed by atoms with van der Waals surface area (Å²) in [6.07, 6.45) is 1.91. The minimum Gasteiger partial charge on any atom is -0.461 e. The van der Waals surface area contributed by atoms with E-state index in [1.807, 2.05) is 103 Å². The summed E-state index contributed by atoms with van der Waals surface area (Å²) >= 11 is 1.53. The summed E-state index contributed by atoms with van der Waals surface area (Å²) in [7, 11) is -3.51. The molecule has 0 radical (unpaired) electrons. The zero-order valence-electron chi connectivity index (χ0n) is 23.1. The second-order valence-corrected chi connectivity index (χ2v) is 12.8. The van der Waals surface area contributed by atoms with Crippen LogP contribution in [-0.2, 0) is 38.3 Å². The Morgan fingerprint density at radius 1 is 0.950 bits per heavy atom. The minimum absolute atomic E-state index is 0.0239. The van der Waals surface area contributed by atoms with Crippen LogP contribution in [0.2, 0.25) is 0 Å². The summed E-state index contributed by atoms with van der Waals surface area (Å²) in [6.45, 7) is 4.78. The molecule has 0 aliphatic rings. The molecule has 1 heterocycles. The predicted octanol–water partition coefficient (Wildman–Crippen LogP) is 5.93. The highest BCUT2D eigenvalue weighted by Crippen LogP contribution is 2.25. The van der Waals surface area contributed by atoms with Gasteiger partial charge < -0.3 is 9.30 Å². The van der Waals surface area contributed by atoms with E-state index in [0.717, 1.165) is 33.7 Å². The van der Waals surface area contributed by atoms with Crippen molar-refractivity contribution in [3.8, 4) is 0 Å². The summed E-state index contributed by atoms with van der Waals surface area (Å²) in [5, 5.41) is 0.727. The summed E-state index contributed by atoms with van der Waals surface area (Å²) in [6, 6.07) is 27.0. The lowest BCUT2D eigenvalue weighted by Crippen LogP contribution is -2.35. The SMILES string of the molecule is CCC(C)OC(=O)Cn1c(SCCCN(CCc2ccccc2)S(=O)(=O)Cc2ccccc2)nc2ccccc21. The van der Waals surface area contributed by atoms with Crippen molar-refractivity contribution in [3.05, 3.63) is 96.1 Å². The lowest BCUT2D eigenvalue weighted by molar-refractivity contribution is -0.149. The summed E-state index contributed by atoms with van der Waals surface area (Å²) in [5.74, 6) is 0.342. The van der Waals surface area contributed by atoms with Crippen LogP contribution in [0.3, 0.4) is 0 Å². The van der Waals surface area contributed by atoms with Crippen LogP contribution >= 0.6 is 11.8 Å². The number of sulfonamides is 1. The van der Waals surface area contributed by atoms with E-state index in [2.05, 4.69) is 0 Å². The monoisotopic (exact) mass is 579 g/mol. The largest absolute Gasteiger partial charge is 0.461 e. The maximum Gasteiger partial charge on any atom is 0.326 e. The van der Waals surface area contributed by atoms with E-state index < -0.39 is 10.0 Å². The first-order valence-corrected chi connectivity index (χ1v) is 16.3. The normalized spacial score (nSPS) is 12.6. The van der Waals surface area contributed by atoms with E-state index in [1.165, 1.54) is 11.8 Å². The average molecular weight is 580 g/mol. The van der Waals surface area contributed by atoms with Gasteiger partial charge in [-0.05, 0) is 49.4 Å². The van der Waals surface area contributed by atoms with Gasteiger partial charge in [0.15, 0.2) is 5.16 Å². The van der Waals surface area contributed by atoms with Crippen molar-refractivity contribution in [2.45, 2.75) is 56.7 Å². The van der Waals surface area contributed by atoms with E-state index in [0.29, 0.717) is 31.7 Å². The Morgan fingerprint density at radius 2 is 1.60 bits per heavy atom. The second kappa shape index (κ2) is 14.5. The highest BCUT2D eigenvalue weighted by molar-refractivity contribution is 7.99. The molecule has 1 unspecified atom stereocenters. The molecule has 212 valence electrons. The highest BCUT2D eigenvalue weighted by Gasteiger charge is 2.23. The van der Waals surface area contributed by atoms with Gasteiger partial charge in [0, 0.05) is 18.8 Å². The molecule has 0 saturated heterocycles. The molecule has 0 saturated carbocycles. The molecule has 4 rings (SSSR count). The van der Waals surface area contributed by atoms with Gasteiger partial charge in [0.1, 0.15) is 6.54 Å². The minimum atomic E-state index is -3.51. The first-order valence-electron chi connectivity index (χ1n) is 13.7. The smallest absolute Gasteiger partial charge is 0.326 e. The van der Waals surface area contributed by atoms with Crippen LogP contribution in [0, 0.1) is 0 Å². The van der Waals surface area contributed by atoms with E-state index >= 15 is 0 Å². The lowest BCUT2D eigenvalue weighted by atomic mass is 10.1. The molecule has 3 aromatic carbocycles. The lowest BCUT2D eigenvalue weighted by Gasteiger charge is -2.22. The quantitative estimate of drug-likeness (QED) is 0.0986. The molecule has 1 aromatic heterocycles. The van der Waals surface area contributed by atoms with Crippen LogP contribution < -0.4 is 0 Å². The molecule has 40 heavy (non-hydrogen) atoms. The Kier molecular flexibility index (Phi) is 10.8. The molecule has 0 fully saturated rings. The van der Waals surface area contributed by atoms with Crippen LogP contribution in [0.15, 0.2) is 90.1 Å². The number of carbonyl (C=O) groups is 1. The van der Waals surface area contributed by atoms with Crippen molar-refractivity contribution < 1.29 is 17.9 Å². The van der Waals surface area contributed by atoms with Crippen LogP contribution in [0.4, 0.5) is 0 Å². The Morgan fingerprint density at radius 3 is 2.30 bits per heavy atom. The van der Waals surface area contributed by atoms with E-state index in [9.17, 15) is 13.2 Å². The number of rotatable bonds is 15. The molecule has 0 amide bonds. The maximum absolute atomic E-state index is 13.4. The molecule has 0 bridgehead atoms. The topological polar surface area (TPSA) is 81.5 Å². The number of fused-ring (bicyclic) bond motifs is 1. The third-order valence-corrected chi connectivity index (χ3v) is 9.59. The predicted molar refractivity (Wildman–Crippen MR) is 162 cm³/mol. The molecule has 0 aliphatic heterocycles. The number of hydrogen-bond acceptors (Lipinski definition) is 6. The Hall–Kier alpha value is -3.14. The van der Waals surface area contributed by atoms with E-state index in [-0.39, 0.29) is 24.4 Å². The number of ether oxygens (including phenoxy) is 1. The zero-order chi connectivity index (χ0) is 28.4. The number of carbonyl (C=O) groups excluding carboxylic acids is 1. The Bertz CT molecular complexity index is 1470. The zero-order valence-corrected chi connectivity index (χ0v) is 24.7. The van der Waals surface area contributed by atoms with Gasteiger partial charge in [-0.3, -0.25) is 4.79 Å². The van der Waals surface area contributed by atoms with E-state index in [1.54, 1.807) is 4.31 Å². The Balaban J connectivity index is 1.43. The third-order valence-electron chi connectivity index (χ3n) is 6.68. The van der Waals surface area contributed by atoms with Gasteiger partial charge in [-0.25, -0.2) is 17.7 Å². The average Bonchev–Trinajstić information content (AvgIpc) is 3.30. The van der Waals surface area contributed by atoms with Gasteiger partial charge in [0.05, 0.1) is 22.9 Å². The molecule has 0 N–H and O–H groups in total. The Labute approximate surface area is 241 Å². The van der Waals surface area contributed by atoms with Crippen LogP contribution in [0.5, 0.6) is 0 Å². The van der Waals surface area contributed by atoms with Crippen LogP contribution in [-0.4, -0.2) is 53.2 Å². The summed E-state index contributed by atoms with van der Waals surface area (Å²) < 4.78 is 35.9. The molecular weight excluding hydrogens is 542 g/mol.